The number of anilines is 1. The number of aromatic nitrogens is 3. The number of fused-ring (bicyclic) bond motifs is 1. The summed E-state index contributed by atoms with van der Waals surface area (Å²) in [6.45, 7) is 15.9. The molecule has 2 N–H and O–H groups in total. The lowest BCUT2D eigenvalue weighted by Crippen LogP contribution is -2.46. The lowest BCUT2D eigenvalue weighted by molar-refractivity contribution is -0.160. The van der Waals surface area contributed by atoms with Gasteiger partial charge in [-0.25, -0.2) is 9.78 Å². The number of esters is 1. The number of ether oxygens (including phenoxy) is 3. The summed E-state index contributed by atoms with van der Waals surface area (Å²) in [5, 5.41) is 14.5. The van der Waals surface area contributed by atoms with Gasteiger partial charge >= 0.3 is 5.97 Å². The highest BCUT2D eigenvalue weighted by Crippen LogP contribution is 2.36. The van der Waals surface area contributed by atoms with Crippen molar-refractivity contribution >= 4 is 23.0 Å². The second-order valence-corrected chi connectivity index (χ2v) is 13.8. The summed E-state index contributed by atoms with van der Waals surface area (Å²) < 4.78 is 18.6. The minimum absolute atomic E-state index is 0.0462. The van der Waals surface area contributed by atoms with Crippen molar-refractivity contribution in [2.75, 3.05) is 71.0 Å². The molecule has 2 fully saturated rings. The predicted molar refractivity (Wildman–Crippen MR) is 184 cm³/mol. The van der Waals surface area contributed by atoms with E-state index in [1.807, 2.05) is 27.0 Å². The monoisotopic (exact) mass is 650 g/mol. The number of benzene rings is 1. The molecular formula is C36H54N6O5. The van der Waals surface area contributed by atoms with Crippen LogP contribution in [0.15, 0.2) is 36.7 Å². The molecule has 11 heteroatoms. The summed E-state index contributed by atoms with van der Waals surface area (Å²) in [6, 6.07) is 9.29. The van der Waals surface area contributed by atoms with Crippen LogP contribution in [-0.4, -0.2) is 113 Å². The molecule has 11 nitrogen and oxygen atoms in total. The van der Waals surface area contributed by atoms with Crippen LogP contribution in [0.2, 0.25) is 0 Å². The fourth-order valence-electron chi connectivity index (χ4n) is 6.36. The molecule has 1 saturated carbocycles. The molecule has 3 heterocycles. The maximum Gasteiger partial charge on any atom is 0.332 e. The van der Waals surface area contributed by atoms with Crippen molar-refractivity contribution in [1.82, 2.24) is 24.3 Å². The molecule has 0 spiro atoms. The highest BCUT2D eigenvalue weighted by Gasteiger charge is 2.25. The van der Waals surface area contributed by atoms with Gasteiger partial charge in [0.15, 0.2) is 0 Å². The Hall–Kier alpha value is -3.09. The van der Waals surface area contributed by atoms with E-state index in [-0.39, 0.29) is 18.7 Å². The molecular weight excluding hydrogens is 596 g/mol. The lowest BCUT2D eigenvalue weighted by atomic mass is 9.93. The minimum Gasteiger partial charge on any atom is -0.458 e. The van der Waals surface area contributed by atoms with Gasteiger partial charge in [-0.15, -0.1) is 0 Å². The maximum atomic E-state index is 11.7. The second kappa shape index (κ2) is 16.8. The van der Waals surface area contributed by atoms with E-state index in [9.17, 15) is 9.90 Å². The molecule has 0 radical (unpaired) electrons. The molecule has 1 saturated heterocycles. The van der Waals surface area contributed by atoms with Crippen molar-refractivity contribution in [1.29, 1.82) is 0 Å². The van der Waals surface area contributed by atoms with Gasteiger partial charge in [-0.3, -0.25) is 9.80 Å². The van der Waals surface area contributed by atoms with Crippen LogP contribution in [0.25, 0.3) is 22.2 Å². The van der Waals surface area contributed by atoms with Crippen LogP contribution in [-0.2, 0) is 25.5 Å². The van der Waals surface area contributed by atoms with E-state index in [1.54, 1.807) is 0 Å². The average molecular weight is 651 g/mol. The second-order valence-electron chi connectivity index (χ2n) is 13.8. The number of aliphatic hydroxyl groups is 1. The van der Waals surface area contributed by atoms with Gasteiger partial charge in [0.25, 0.3) is 0 Å². The summed E-state index contributed by atoms with van der Waals surface area (Å²) in [4.78, 5) is 26.2. The third kappa shape index (κ3) is 10.4. The Labute approximate surface area is 279 Å². The molecule has 3 aromatic rings. The Bertz CT molecular complexity index is 1410. The van der Waals surface area contributed by atoms with Gasteiger partial charge in [0.05, 0.1) is 25.9 Å². The van der Waals surface area contributed by atoms with Gasteiger partial charge in [0.1, 0.15) is 17.9 Å². The molecule has 258 valence electrons. The molecule has 0 bridgehead atoms. The minimum atomic E-state index is -0.496. The summed E-state index contributed by atoms with van der Waals surface area (Å²) in [5.41, 5.74) is 4.11. The van der Waals surface area contributed by atoms with Crippen LogP contribution in [0, 0.1) is 0 Å². The third-order valence-corrected chi connectivity index (χ3v) is 8.86. The fourth-order valence-corrected chi connectivity index (χ4v) is 6.36. The van der Waals surface area contributed by atoms with Crippen molar-refractivity contribution in [3.8, 4) is 11.1 Å². The number of aliphatic hydroxyl groups excluding tert-OH is 1. The Morgan fingerprint density at radius 3 is 2.38 bits per heavy atom. The van der Waals surface area contributed by atoms with Crippen LogP contribution in [0.1, 0.15) is 71.4 Å². The smallest absolute Gasteiger partial charge is 0.332 e. The van der Waals surface area contributed by atoms with Gasteiger partial charge in [-0.2, -0.15) is 4.98 Å². The molecule has 5 rings (SSSR count). The first kappa shape index (κ1) is 35.2. The van der Waals surface area contributed by atoms with E-state index in [0.29, 0.717) is 31.8 Å². The zero-order valence-electron chi connectivity index (χ0n) is 28.7. The molecule has 2 aromatic heterocycles. The summed E-state index contributed by atoms with van der Waals surface area (Å²) >= 11 is 0. The molecule has 2 aliphatic rings. The van der Waals surface area contributed by atoms with Crippen molar-refractivity contribution in [2.24, 2.45) is 0 Å². The molecule has 1 aliphatic carbocycles. The standard InChI is InChI=1S/C36H54N6O5/c1-5-14-37-35-38-23-31-32(25-42(34(31)39-35)29-10-12-30(43)13-11-29)28-8-6-27(7-9-28)24-41-17-15-40(16-18-41)19-20-45-21-22-46-26-33(44)47-36(2,3)4/h6-9,23,25,29-30,43H,5,10-22,24,26H2,1-4H3,(H,37,38,39). The number of piperazine rings is 1. The third-order valence-electron chi connectivity index (χ3n) is 8.86. The quantitative estimate of drug-likeness (QED) is 0.174. The highest BCUT2D eigenvalue weighted by atomic mass is 16.6. The van der Waals surface area contributed by atoms with Crippen molar-refractivity contribution in [3.63, 3.8) is 0 Å². The van der Waals surface area contributed by atoms with Gasteiger partial charge < -0.3 is 29.2 Å². The molecule has 0 unspecified atom stereocenters. The normalized spacial score (nSPS) is 19.7. The van der Waals surface area contributed by atoms with E-state index < -0.39 is 5.60 Å². The van der Waals surface area contributed by atoms with Gasteiger partial charge in [0.2, 0.25) is 5.95 Å². The molecule has 0 atom stereocenters. The maximum absolute atomic E-state index is 11.7. The van der Waals surface area contributed by atoms with Crippen LogP contribution < -0.4 is 5.32 Å². The number of nitrogens with zero attached hydrogens (tertiary/aromatic N) is 5. The van der Waals surface area contributed by atoms with E-state index in [0.717, 1.165) is 94.5 Å². The fraction of sp³-hybridized carbons (Fsp3) is 0.639. The summed E-state index contributed by atoms with van der Waals surface area (Å²) in [7, 11) is 0. The van der Waals surface area contributed by atoms with Crippen molar-refractivity contribution in [2.45, 2.75) is 84.1 Å². The molecule has 1 aromatic carbocycles. The van der Waals surface area contributed by atoms with Gasteiger partial charge in [-0.1, -0.05) is 31.2 Å². The van der Waals surface area contributed by atoms with E-state index >= 15 is 0 Å². The number of carbonyl (C=O) groups excluding carboxylic acids is 1. The highest BCUT2D eigenvalue weighted by molar-refractivity contribution is 5.94. The Balaban J connectivity index is 1.09. The van der Waals surface area contributed by atoms with E-state index in [1.165, 1.54) is 11.1 Å². The summed E-state index contributed by atoms with van der Waals surface area (Å²) in [5.74, 6) is 0.322. The molecule has 1 aliphatic heterocycles. The van der Waals surface area contributed by atoms with Crippen LogP contribution in [0.4, 0.5) is 5.95 Å². The predicted octanol–water partition coefficient (Wildman–Crippen LogP) is 4.89. The Kier molecular flexibility index (Phi) is 12.6. The number of carbonyl (C=O) groups is 1. The number of hydrogen-bond acceptors (Lipinski definition) is 10. The Morgan fingerprint density at radius 2 is 1.68 bits per heavy atom. The van der Waals surface area contributed by atoms with Crippen LogP contribution >= 0.6 is 0 Å². The van der Waals surface area contributed by atoms with E-state index in [2.05, 4.69) is 62.1 Å². The number of rotatable bonds is 15. The molecule has 0 amide bonds. The van der Waals surface area contributed by atoms with Crippen molar-refractivity contribution in [3.05, 3.63) is 42.2 Å². The SMILES string of the molecule is CCCNc1ncc2c(-c3ccc(CN4CCN(CCOCCOCC(=O)OC(C)(C)C)CC4)cc3)cn(C3CCC(O)CC3)c2n1. The first-order valence-electron chi connectivity index (χ1n) is 17.4. The number of hydrogen-bond donors (Lipinski definition) is 2. The average Bonchev–Trinajstić information content (AvgIpc) is 3.43. The zero-order chi connectivity index (χ0) is 33.2. The Morgan fingerprint density at radius 1 is 0.979 bits per heavy atom. The largest absolute Gasteiger partial charge is 0.458 e. The van der Waals surface area contributed by atoms with E-state index in [4.69, 9.17) is 19.2 Å². The van der Waals surface area contributed by atoms with Crippen LogP contribution in [0.3, 0.4) is 0 Å². The zero-order valence-corrected chi connectivity index (χ0v) is 28.7. The first-order chi connectivity index (χ1) is 22.7. The lowest BCUT2D eigenvalue weighted by Gasteiger charge is -2.34. The summed E-state index contributed by atoms with van der Waals surface area (Å²) in [6.07, 6.45) is 8.61. The number of nitrogens with one attached hydrogen (secondary N) is 1. The topological polar surface area (TPSA) is 114 Å². The first-order valence-corrected chi connectivity index (χ1v) is 17.4. The van der Waals surface area contributed by atoms with Gasteiger partial charge in [0, 0.05) is 75.2 Å². The molecule has 47 heavy (non-hydrogen) atoms. The van der Waals surface area contributed by atoms with Gasteiger partial charge in [-0.05, 0) is 64.0 Å². The van der Waals surface area contributed by atoms with Crippen LogP contribution in [0.5, 0.6) is 0 Å². The van der Waals surface area contributed by atoms with Crippen molar-refractivity contribution < 1.29 is 24.1 Å².